The van der Waals surface area contributed by atoms with Crippen molar-refractivity contribution in [3.8, 4) is 0 Å². The quantitative estimate of drug-likeness (QED) is 0.776. The van der Waals surface area contributed by atoms with Gasteiger partial charge in [-0.2, -0.15) is 18.6 Å². The summed E-state index contributed by atoms with van der Waals surface area (Å²) >= 11 is 0. The number of benzene rings is 1. The van der Waals surface area contributed by atoms with E-state index in [4.69, 9.17) is 4.18 Å². The molecule has 1 aromatic carbocycles. The van der Waals surface area contributed by atoms with E-state index in [0.29, 0.717) is 0 Å². The average Bonchev–Trinajstić information content (AvgIpc) is 2.62. The molecule has 0 fully saturated rings. The van der Waals surface area contributed by atoms with Crippen LogP contribution in [0.15, 0.2) is 30.3 Å². The number of fused-ring (bicyclic) bond motifs is 1. The first-order chi connectivity index (χ1) is 7.12. The summed E-state index contributed by atoms with van der Waals surface area (Å²) < 4.78 is 30.4. The first-order valence-electron chi connectivity index (χ1n) is 4.21. The Morgan fingerprint density at radius 3 is 2.73 bits per heavy atom. The summed E-state index contributed by atoms with van der Waals surface area (Å²) in [6.45, 7) is 0. The van der Waals surface area contributed by atoms with Gasteiger partial charge in [-0.1, -0.05) is 30.3 Å². The molecule has 0 bridgehead atoms. The standard InChI is InChI=1S/C9H9NO4S/c10-14-15(11,12)13-9-6-5-7-3-1-2-4-8(7)9/h1-6,9H,10H2. The lowest BCUT2D eigenvalue weighted by atomic mass is 10.1. The van der Waals surface area contributed by atoms with Crippen LogP contribution < -0.4 is 5.90 Å². The molecular weight excluding hydrogens is 218 g/mol. The smallest absolute Gasteiger partial charge is 0.235 e. The molecule has 1 atom stereocenters. The van der Waals surface area contributed by atoms with Crippen LogP contribution in [0.5, 0.6) is 0 Å². The fraction of sp³-hybridized carbons (Fsp3) is 0.111. The highest BCUT2D eigenvalue weighted by molar-refractivity contribution is 7.81. The lowest BCUT2D eigenvalue weighted by Gasteiger charge is -2.09. The van der Waals surface area contributed by atoms with Crippen molar-refractivity contribution < 1.29 is 16.9 Å². The van der Waals surface area contributed by atoms with Crippen LogP contribution in [0.3, 0.4) is 0 Å². The van der Waals surface area contributed by atoms with Crippen LogP contribution in [-0.4, -0.2) is 8.42 Å². The zero-order valence-electron chi connectivity index (χ0n) is 7.66. The molecule has 0 saturated heterocycles. The van der Waals surface area contributed by atoms with Gasteiger partial charge in [-0.05, 0) is 17.2 Å². The van der Waals surface area contributed by atoms with Crippen molar-refractivity contribution in [2.75, 3.05) is 0 Å². The molecule has 0 heterocycles. The lowest BCUT2D eigenvalue weighted by Crippen LogP contribution is -2.16. The number of nitrogens with two attached hydrogens (primary N) is 1. The lowest BCUT2D eigenvalue weighted by molar-refractivity contribution is 0.188. The molecule has 0 saturated carbocycles. The minimum Gasteiger partial charge on any atom is -0.235 e. The van der Waals surface area contributed by atoms with Crippen LogP contribution in [-0.2, 0) is 18.9 Å². The first kappa shape index (κ1) is 10.3. The summed E-state index contributed by atoms with van der Waals surface area (Å²) in [5.74, 6) is 4.57. The van der Waals surface area contributed by atoms with E-state index in [9.17, 15) is 8.42 Å². The Hall–Kier alpha value is -1.21. The third kappa shape index (κ3) is 2.07. The maximum atomic E-state index is 11.0. The Balaban J connectivity index is 2.26. The van der Waals surface area contributed by atoms with Crippen LogP contribution >= 0.6 is 0 Å². The number of hydrogen-bond acceptors (Lipinski definition) is 5. The van der Waals surface area contributed by atoms with Gasteiger partial charge in [0.2, 0.25) is 0 Å². The predicted octanol–water partition coefficient (Wildman–Crippen LogP) is 0.906. The summed E-state index contributed by atoms with van der Waals surface area (Å²) in [7, 11) is -4.12. The molecule has 2 rings (SSSR count). The second kappa shape index (κ2) is 3.74. The van der Waals surface area contributed by atoms with Gasteiger partial charge in [0.05, 0.1) is 0 Å². The summed E-state index contributed by atoms with van der Waals surface area (Å²) in [5, 5.41) is 0. The van der Waals surface area contributed by atoms with Crippen molar-refractivity contribution in [2.45, 2.75) is 6.10 Å². The number of hydrogen-bond donors (Lipinski definition) is 1. The van der Waals surface area contributed by atoms with Crippen LogP contribution in [0, 0.1) is 0 Å². The predicted molar refractivity (Wildman–Crippen MR) is 53.5 cm³/mol. The third-order valence-electron chi connectivity index (χ3n) is 2.09. The summed E-state index contributed by atoms with van der Waals surface area (Å²) in [6, 6.07) is 7.31. The van der Waals surface area contributed by atoms with Gasteiger partial charge in [-0.25, -0.2) is 4.18 Å². The zero-order chi connectivity index (χ0) is 10.9. The molecular formula is C9H9NO4S. The SMILES string of the molecule is NOS(=O)(=O)OC1C=Cc2ccccc21. The molecule has 0 amide bonds. The second-order valence-corrected chi connectivity index (χ2v) is 4.21. The van der Waals surface area contributed by atoms with Gasteiger partial charge >= 0.3 is 10.4 Å². The van der Waals surface area contributed by atoms with Gasteiger partial charge in [0.1, 0.15) is 6.10 Å². The Labute approximate surface area is 87.4 Å². The van der Waals surface area contributed by atoms with Gasteiger partial charge in [0.25, 0.3) is 0 Å². The minimum absolute atomic E-state index is 0.658. The molecule has 5 nitrogen and oxygen atoms in total. The summed E-state index contributed by atoms with van der Waals surface area (Å²) in [6.07, 6.45) is 2.75. The molecule has 15 heavy (non-hydrogen) atoms. The molecule has 1 unspecified atom stereocenters. The van der Waals surface area contributed by atoms with E-state index in [0.717, 1.165) is 11.1 Å². The Bertz CT molecular complexity index is 495. The van der Waals surface area contributed by atoms with E-state index in [1.165, 1.54) is 0 Å². The monoisotopic (exact) mass is 227 g/mol. The van der Waals surface area contributed by atoms with E-state index < -0.39 is 16.5 Å². The molecule has 6 heteroatoms. The van der Waals surface area contributed by atoms with E-state index in [-0.39, 0.29) is 0 Å². The highest BCUT2D eigenvalue weighted by Crippen LogP contribution is 2.31. The molecule has 0 spiro atoms. The normalized spacial score (nSPS) is 19.1. The fourth-order valence-electron chi connectivity index (χ4n) is 1.45. The third-order valence-corrected chi connectivity index (χ3v) is 2.77. The van der Waals surface area contributed by atoms with Crippen LogP contribution in [0.2, 0.25) is 0 Å². The molecule has 80 valence electrons. The fourth-order valence-corrected chi connectivity index (χ4v) is 1.92. The number of rotatable bonds is 3. The van der Waals surface area contributed by atoms with Crippen molar-refractivity contribution in [1.29, 1.82) is 0 Å². The summed E-state index contributed by atoms with van der Waals surface area (Å²) in [4.78, 5) is 0. The Kier molecular flexibility index (Phi) is 2.57. The maximum absolute atomic E-state index is 11.0. The average molecular weight is 227 g/mol. The summed E-state index contributed by atoms with van der Waals surface area (Å²) in [5.41, 5.74) is 1.70. The van der Waals surface area contributed by atoms with Gasteiger partial charge in [-0.15, -0.1) is 0 Å². The molecule has 1 aliphatic carbocycles. The molecule has 0 radical (unpaired) electrons. The van der Waals surface area contributed by atoms with Gasteiger partial charge in [0, 0.05) is 0 Å². The van der Waals surface area contributed by atoms with Crippen molar-refractivity contribution in [3.63, 3.8) is 0 Å². The second-order valence-electron chi connectivity index (χ2n) is 3.01. The van der Waals surface area contributed by atoms with Crippen LogP contribution in [0.4, 0.5) is 0 Å². The topological polar surface area (TPSA) is 78.6 Å². The maximum Gasteiger partial charge on any atom is 0.416 e. The van der Waals surface area contributed by atoms with Crippen molar-refractivity contribution in [1.82, 2.24) is 0 Å². The zero-order valence-corrected chi connectivity index (χ0v) is 8.48. The van der Waals surface area contributed by atoms with Crippen molar-refractivity contribution >= 4 is 16.5 Å². The van der Waals surface area contributed by atoms with Crippen molar-refractivity contribution in [3.05, 3.63) is 41.5 Å². The van der Waals surface area contributed by atoms with E-state index in [1.807, 2.05) is 12.1 Å². The molecule has 1 aliphatic rings. The molecule has 0 aromatic heterocycles. The Morgan fingerprint density at radius 1 is 1.27 bits per heavy atom. The first-order valence-corrected chi connectivity index (χ1v) is 5.54. The van der Waals surface area contributed by atoms with E-state index in [2.05, 4.69) is 10.2 Å². The Morgan fingerprint density at radius 2 is 2.00 bits per heavy atom. The van der Waals surface area contributed by atoms with Gasteiger partial charge < -0.3 is 0 Å². The minimum atomic E-state index is -4.12. The largest absolute Gasteiger partial charge is 0.416 e. The van der Waals surface area contributed by atoms with Gasteiger partial charge in [0.15, 0.2) is 0 Å². The van der Waals surface area contributed by atoms with E-state index in [1.54, 1.807) is 24.3 Å². The molecule has 1 aromatic rings. The highest BCUT2D eigenvalue weighted by atomic mass is 32.3. The highest BCUT2D eigenvalue weighted by Gasteiger charge is 2.23. The van der Waals surface area contributed by atoms with Gasteiger partial charge in [-0.3, -0.25) is 0 Å². The molecule has 0 aliphatic heterocycles. The molecule has 2 N–H and O–H groups in total. The van der Waals surface area contributed by atoms with Crippen molar-refractivity contribution in [2.24, 2.45) is 5.90 Å². The van der Waals surface area contributed by atoms with Crippen LogP contribution in [0.25, 0.3) is 6.08 Å². The van der Waals surface area contributed by atoms with Crippen LogP contribution in [0.1, 0.15) is 17.2 Å². The van der Waals surface area contributed by atoms with E-state index >= 15 is 0 Å².